The first-order valence-corrected chi connectivity index (χ1v) is 6.38. The van der Waals surface area contributed by atoms with Crippen LogP contribution in [0.2, 0.25) is 0 Å². The Morgan fingerprint density at radius 3 is 2.59 bits per heavy atom. The summed E-state index contributed by atoms with van der Waals surface area (Å²) in [5.41, 5.74) is 5.04. The van der Waals surface area contributed by atoms with Crippen molar-refractivity contribution in [2.75, 3.05) is 38.7 Å². The molecular formula is C12H15BrN4. The lowest BCUT2D eigenvalue weighted by Crippen LogP contribution is -2.46. The normalized spacial score (nSPS) is 17.7. The van der Waals surface area contributed by atoms with Crippen LogP contribution in [0.15, 0.2) is 22.7 Å². The van der Waals surface area contributed by atoms with E-state index in [4.69, 9.17) is 5.26 Å². The van der Waals surface area contributed by atoms with Gasteiger partial charge in [-0.15, -0.1) is 0 Å². The lowest BCUT2D eigenvalue weighted by Gasteiger charge is -2.33. The lowest BCUT2D eigenvalue weighted by molar-refractivity contribution is 0.179. The maximum atomic E-state index is 8.84. The zero-order valence-electron chi connectivity index (χ0n) is 9.78. The number of rotatable bonds is 2. The van der Waals surface area contributed by atoms with Crippen molar-refractivity contribution in [3.63, 3.8) is 0 Å². The van der Waals surface area contributed by atoms with E-state index < -0.39 is 0 Å². The molecule has 1 aliphatic heterocycles. The number of halogens is 1. The fourth-order valence-corrected chi connectivity index (χ4v) is 2.24. The molecule has 2 rings (SSSR count). The molecule has 0 atom stereocenters. The summed E-state index contributed by atoms with van der Waals surface area (Å²) in [6.07, 6.45) is 0. The van der Waals surface area contributed by atoms with Gasteiger partial charge in [0.15, 0.2) is 0 Å². The highest BCUT2D eigenvalue weighted by atomic mass is 79.9. The van der Waals surface area contributed by atoms with E-state index in [2.05, 4.69) is 44.4 Å². The van der Waals surface area contributed by atoms with Crippen LogP contribution in [0, 0.1) is 11.3 Å². The Balaban J connectivity index is 2.00. The van der Waals surface area contributed by atoms with E-state index >= 15 is 0 Å². The minimum atomic E-state index is 0.661. The number of anilines is 1. The van der Waals surface area contributed by atoms with E-state index in [0.717, 1.165) is 36.3 Å². The molecule has 1 N–H and O–H groups in total. The van der Waals surface area contributed by atoms with Crippen molar-refractivity contribution in [1.29, 1.82) is 5.26 Å². The van der Waals surface area contributed by atoms with E-state index in [1.807, 2.05) is 18.2 Å². The average molecular weight is 295 g/mol. The highest BCUT2D eigenvalue weighted by Crippen LogP contribution is 2.21. The van der Waals surface area contributed by atoms with Gasteiger partial charge in [-0.25, -0.2) is 5.01 Å². The molecule has 0 amide bonds. The first kappa shape index (κ1) is 12.4. The smallest absolute Gasteiger partial charge is 0.100 e. The topological polar surface area (TPSA) is 42.3 Å². The molecule has 4 nitrogen and oxygen atoms in total. The monoisotopic (exact) mass is 294 g/mol. The SMILES string of the molecule is CN1CCN(Nc2ccc(C#N)c(Br)c2)CC1. The predicted molar refractivity (Wildman–Crippen MR) is 71.5 cm³/mol. The predicted octanol–water partition coefficient (Wildman–Crippen LogP) is 1.90. The number of piperazine rings is 1. The van der Waals surface area contributed by atoms with Crippen molar-refractivity contribution in [1.82, 2.24) is 9.91 Å². The van der Waals surface area contributed by atoms with Crippen LogP contribution in [0.3, 0.4) is 0 Å². The maximum Gasteiger partial charge on any atom is 0.100 e. The molecule has 0 aliphatic carbocycles. The lowest BCUT2D eigenvalue weighted by atomic mass is 10.2. The van der Waals surface area contributed by atoms with Crippen molar-refractivity contribution >= 4 is 21.6 Å². The third kappa shape index (κ3) is 3.19. The van der Waals surface area contributed by atoms with Gasteiger partial charge in [-0.3, -0.25) is 0 Å². The quantitative estimate of drug-likeness (QED) is 0.905. The minimum Gasteiger partial charge on any atom is -0.319 e. The number of hydrazine groups is 1. The summed E-state index contributed by atoms with van der Waals surface area (Å²) in [6.45, 7) is 4.16. The molecular weight excluding hydrogens is 280 g/mol. The molecule has 0 saturated carbocycles. The van der Waals surface area contributed by atoms with Crippen LogP contribution in [0.5, 0.6) is 0 Å². The second-order valence-electron chi connectivity index (χ2n) is 4.21. The summed E-state index contributed by atoms with van der Waals surface area (Å²) in [6, 6.07) is 7.83. The van der Waals surface area contributed by atoms with Gasteiger partial charge in [0.2, 0.25) is 0 Å². The number of nitrogens with one attached hydrogen (secondary N) is 1. The summed E-state index contributed by atoms with van der Waals surface area (Å²) in [5.74, 6) is 0. The van der Waals surface area contributed by atoms with Crippen molar-refractivity contribution in [2.45, 2.75) is 0 Å². The van der Waals surface area contributed by atoms with Crippen LogP contribution in [0.25, 0.3) is 0 Å². The molecule has 90 valence electrons. The van der Waals surface area contributed by atoms with Gasteiger partial charge >= 0.3 is 0 Å². The Labute approximate surface area is 110 Å². The Kier molecular flexibility index (Phi) is 4.00. The second kappa shape index (κ2) is 5.50. The van der Waals surface area contributed by atoms with Gasteiger partial charge in [0.05, 0.1) is 11.3 Å². The van der Waals surface area contributed by atoms with Gasteiger partial charge in [0, 0.05) is 30.7 Å². The molecule has 1 aromatic rings. The molecule has 0 bridgehead atoms. The molecule has 17 heavy (non-hydrogen) atoms. The standard InChI is InChI=1S/C12H15BrN4/c1-16-4-6-17(7-5-16)15-11-3-2-10(9-14)12(13)8-11/h2-3,8,15H,4-7H2,1H3. The molecule has 1 aliphatic rings. The molecule has 1 aromatic carbocycles. The van der Waals surface area contributed by atoms with Gasteiger partial charge in [-0.1, -0.05) is 0 Å². The summed E-state index contributed by atoms with van der Waals surface area (Å²) in [5, 5.41) is 11.0. The largest absolute Gasteiger partial charge is 0.319 e. The number of nitrogens with zero attached hydrogens (tertiary/aromatic N) is 3. The number of nitriles is 1. The third-order valence-corrected chi connectivity index (χ3v) is 3.54. The van der Waals surface area contributed by atoms with E-state index in [0.29, 0.717) is 5.56 Å². The summed E-state index contributed by atoms with van der Waals surface area (Å²) in [4.78, 5) is 2.31. The Morgan fingerprint density at radius 1 is 1.29 bits per heavy atom. The fraction of sp³-hybridized carbons (Fsp3) is 0.417. The Hall–Kier alpha value is -1.09. The van der Waals surface area contributed by atoms with Crippen molar-refractivity contribution < 1.29 is 0 Å². The first-order valence-electron chi connectivity index (χ1n) is 5.59. The van der Waals surface area contributed by atoms with E-state index in [9.17, 15) is 0 Å². The second-order valence-corrected chi connectivity index (χ2v) is 5.06. The van der Waals surface area contributed by atoms with Gasteiger partial charge < -0.3 is 10.3 Å². The average Bonchev–Trinajstić information content (AvgIpc) is 2.32. The summed E-state index contributed by atoms with van der Waals surface area (Å²) < 4.78 is 0.833. The Bertz CT molecular complexity index is 433. The highest BCUT2D eigenvalue weighted by molar-refractivity contribution is 9.10. The van der Waals surface area contributed by atoms with Crippen molar-refractivity contribution in [3.8, 4) is 6.07 Å². The van der Waals surface area contributed by atoms with Crippen LogP contribution in [0.4, 0.5) is 5.69 Å². The van der Waals surface area contributed by atoms with Crippen LogP contribution in [-0.2, 0) is 0 Å². The maximum absolute atomic E-state index is 8.84. The van der Waals surface area contributed by atoms with E-state index in [-0.39, 0.29) is 0 Å². The molecule has 1 fully saturated rings. The molecule has 1 heterocycles. The van der Waals surface area contributed by atoms with Crippen LogP contribution in [0.1, 0.15) is 5.56 Å². The molecule has 1 saturated heterocycles. The van der Waals surface area contributed by atoms with Crippen molar-refractivity contribution in [2.24, 2.45) is 0 Å². The van der Waals surface area contributed by atoms with E-state index in [1.54, 1.807) is 0 Å². The van der Waals surface area contributed by atoms with Crippen LogP contribution >= 0.6 is 15.9 Å². The van der Waals surface area contributed by atoms with E-state index in [1.165, 1.54) is 0 Å². The first-order chi connectivity index (χ1) is 8.19. The van der Waals surface area contributed by atoms with Gasteiger partial charge in [0.25, 0.3) is 0 Å². The highest BCUT2D eigenvalue weighted by Gasteiger charge is 2.13. The zero-order valence-corrected chi connectivity index (χ0v) is 11.4. The fourth-order valence-electron chi connectivity index (χ4n) is 1.78. The molecule has 0 aromatic heterocycles. The molecule has 5 heteroatoms. The number of benzene rings is 1. The molecule has 0 radical (unpaired) electrons. The number of hydrogen-bond acceptors (Lipinski definition) is 4. The third-order valence-electron chi connectivity index (χ3n) is 2.88. The number of hydrogen-bond donors (Lipinski definition) is 1. The van der Waals surface area contributed by atoms with Crippen LogP contribution < -0.4 is 5.43 Å². The van der Waals surface area contributed by atoms with Gasteiger partial charge in [0.1, 0.15) is 6.07 Å². The molecule has 0 spiro atoms. The van der Waals surface area contributed by atoms with Gasteiger partial charge in [-0.05, 0) is 41.2 Å². The van der Waals surface area contributed by atoms with Crippen LogP contribution in [-0.4, -0.2) is 43.1 Å². The summed E-state index contributed by atoms with van der Waals surface area (Å²) >= 11 is 3.39. The zero-order chi connectivity index (χ0) is 12.3. The summed E-state index contributed by atoms with van der Waals surface area (Å²) in [7, 11) is 2.13. The Morgan fingerprint density at radius 2 is 2.00 bits per heavy atom. The molecule has 0 unspecified atom stereocenters. The minimum absolute atomic E-state index is 0.661. The number of likely N-dealkylation sites (N-methyl/N-ethyl adjacent to an activating group) is 1. The van der Waals surface area contributed by atoms with Gasteiger partial charge in [-0.2, -0.15) is 5.26 Å². The van der Waals surface area contributed by atoms with Crippen molar-refractivity contribution in [3.05, 3.63) is 28.2 Å².